The summed E-state index contributed by atoms with van der Waals surface area (Å²) in [5, 5.41) is 3.70. The molecule has 0 aromatic heterocycles. The van der Waals surface area contributed by atoms with Crippen molar-refractivity contribution in [2.45, 2.75) is 25.8 Å². The van der Waals surface area contributed by atoms with Gasteiger partial charge in [0.15, 0.2) is 6.54 Å². The lowest BCUT2D eigenvalue weighted by Crippen LogP contribution is -3.14. The minimum absolute atomic E-state index is 0.0141. The molecule has 1 heterocycles. The summed E-state index contributed by atoms with van der Waals surface area (Å²) in [6.45, 7) is 4.04. The van der Waals surface area contributed by atoms with Gasteiger partial charge in [0.25, 0.3) is 5.91 Å². The average Bonchev–Trinajstić information content (AvgIpc) is 2.55. The molecule has 5 nitrogen and oxygen atoms in total. The van der Waals surface area contributed by atoms with E-state index in [-0.39, 0.29) is 23.8 Å². The highest BCUT2D eigenvalue weighted by Crippen LogP contribution is 2.15. The molecule has 1 fully saturated rings. The molecule has 0 spiro atoms. The van der Waals surface area contributed by atoms with E-state index >= 15 is 0 Å². The number of quaternary nitrogens is 1. The molecular weight excluding hydrogens is 316 g/mol. The number of methoxy groups -OCH3 is 1. The Bertz CT molecular complexity index is 539. The standard InChI is InChI=1S/C17H23ClN2O3/c1-12(13-3-5-15(18)6-4-13)19-16(21)11-20-9-7-14(8-10-20)17(22)23-2/h3-6,12,14H,7-11H2,1-2H3,(H,19,21)/p+1/t12-/m1/s1. The Morgan fingerprint density at radius 2 is 1.91 bits per heavy atom. The molecule has 0 radical (unpaired) electrons. The zero-order chi connectivity index (χ0) is 16.8. The Morgan fingerprint density at radius 3 is 2.48 bits per heavy atom. The van der Waals surface area contributed by atoms with E-state index in [1.807, 2.05) is 31.2 Å². The highest BCUT2D eigenvalue weighted by Gasteiger charge is 2.29. The zero-order valence-electron chi connectivity index (χ0n) is 13.6. The molecule has 23 heavy (non-hydrogen) atoms. The number of hydrogen-bond donors (Lipinski definition) is 2. The highest BCUT2D eigenvalue weighted by atomic mass is 35.5. The Morgan fingerprint density at radius 1 is 1.30 bits per heavy atom. The van der Waals surface area contributed by atoms with Gasteiger partial charge in [-0.15, -0.1) is 0 Å². The van der Waals surface area contributed by atoms with Crippen LogP contribution in [0.15, 0.2) is 24.3 Å². The number of halogens is 1. The third-order valence-electron chi connectivity index (χ3n) is 4.39. The highest BCUT2D eigenvalue weighted by molar-refractivity contribution is 6.30. The smallest absolute Gasteiger partial charge is 0.309 e. The maximum Gasteiger partial charge on any atom is 0.309 e. The molecule has 0 bridgehead atoms. The lowest BCUT2D eigenvalue weighted by atomic mass is 9.97. The van der Waals surface area contributed by atoms with E-state index in [1.165, 1.54) is 12.0 Å². The molecule has 1 aromatic carbocycles. The number of esters is 1. The fourth-order valence-corrected chi connectivity index (χ4v) is 3.09. The van der Waals surface area contributed by atoms with Gasteiger partial charge in [0.05, 0.1) is 32.2 Å². The summed E-state index contributed by atoms with van der Waals surface area (Å²) < 4.78 is 4.78. The van der Waals surface area contributed by atoms with Crippen LogP contribution in [0.4, 0.5) is 0 Å². The van der Waals surface area contributed by atoms with Crippen molar-refractivity contribution in [2.24, 2.45) is 5.92 Å². The maximum atomic E-state index is 12.2. The largest absolute Gasteiger partial charge is 0.469 e. The Balaban J connectivity index is 1.77. The van der Waals surface area contributed by atoms with Crippen LogP contribution in [0, 0.1) is 5.92 Å². The van der Waals surface area contributed by atoms with Crippen LogP contribution in [-0.2, 0) is 14.3 Å². The predicted octanol–water partition coefficient (Wildman–Crippen LogP) is 0.985. The summed E-state index contributed by atoms with van der Waals surface area (Å²) in [7, 11) is 1.42. The Labute approximate surface area is 141 Å². The maximum absolute atomic E-state index is 12.2. The molecule has 1 aromatic rings. The van der Waals surface area contributed by atoms with Crippen LogP contribution >= 0.6 is 11.6 Å². The van der Waals surface area contributed by atoms with Gasteiger partial charge >= 0.3 is 5.97 Å². The van der Waals surface area contributed by atoms with Crippen molar-refractivity contribution in [2.75, 3.05) is 26.7 Å². The normalized spacial score (nSPS) is 22.2. The summed E-state index contributed by atoms with van der Waals surface area (Å²) in [4.78, 5) is 24.9. The number of carbonyl (C=O) groups excluding carboxylic acids is 2. The molecule has 0 unspecified atom stereocenters. The lowest BCUT2D eigenvalue weighted by molar-refractivity contribution is -0.897. The first kappa shape index (κ1) is 17.8. The number of rotatable bonds is 5. The molecule has 1 aliphatic rings. The van der Waals surface area contributed by atoms with Crippen molar-refractivity contribution in [3.63, 3.8) is 0 Å². The van der Waals surface area contributed by atoms with Gasteiger partial charge in [0, 0.05) is 17.9 Å². The third-order valence-corrected chi connectivity index (χ3v) is 4.64. The molecule has 1 aliphatic heterocycles. The summed E-state index contributed by atoms with van der Waals surface area (Å²) in [6.07, 6.45) is 1.56. The van der Waals surface area contributed by atoms with Crippen molar-refractivity contribution < 1.29 is 19.2 Å². The molecule has 1 atom stereocenters. The molecule has 2 rings (SSSR count). The molecule has 126 valence electrons. The molecule has 0 saturated carbocycles. The van der Waals surface area contributed by atoms with Crippen LogP contribution in [0.5, 0.6) is 0 Å². The van der Waals surface area contributed by atoms with Gasteiger partial charge in [0.1, 0.15) is 0 Å². The van der Waals surface area contributed by atoms with Gasteiger partial charge in [-0.2, -0.15) is 0 Å². The van der Waals surface area contributed by atoms with Crippen LogP contribution in [0.1, 0.15) is 31.4 Å². The number of nitrogens with one attached hydrogen (secondary N) is 2. The average molecular weight is 340 g/mol. The number of piperidine rings is 1. The topological polar surface area (TPSA) is 59.8 Å². The number of hydrogen-bond acceptors (Lipinski definition) is 3. The fourth-order valence-electron chi connectivity index (χ4n) is 2.96. The summed E-state index contributed by atoms with van der Waals surface area (Å²) >= 11 is 5.87. The van der Waals surface area contributed by atoms with Gasteiger partial charge in [-0.3, -0.25) is 9.59 Å². The number of ether oxygens (including phenoxy) is 1. The first-order chi connectivity index (χ1) is 11.0. The SMILES string of the molecule is COC(=O)C1CC[NH+](CC(=O)N[C@H](C)c2ccc(Cl)cc2)CC1. The summed E-state index contributed by atoms with van der Waals surface area (Å²) in [5.74, 6) is -0.122. The zero-order valence-corrected chi connectivity index (χ0v) is 14.4. The predicted molar refractivity (Wildman–Crippen MR) is 88.3 cm³/mol. The molecule has 1 amide bonds. The second-order valence-corrected chi connectivity index (χ2v) is 6.50. The van der Waals surface area contributed by atoms with Gasteiger partial charge in [-0.1, -0.05) is 23.7 Å². The third kappa shape index (κ3) is 5.22. The van der Waals surface area contributed by atoms with Crippen LogP contribution in [-0.4, -0.2) is 38.6 Å². The first-order valence-corrected chi connectivity index (χ1v) is 8.33. The van der Waals surface area contributed by atoms with E-state index in [9.17, 15) is 9.59 Å². The minimum atomic E-state index is -0.134. The van der Waals surface area contributed by atoms with E-state index < -0.39 is 0 Å². The van der Waals surface area contributed by atoms with E-state index in [2.05, 4.69) is 5.32 Å². The Hall–Kier alpha value is -1.59. The van der Waals surface area contributed by atoms with E-state index in [0.29, 0.717) is 11.6 Å². The number of likely N-dealkylation sites (tertiary alicyclic amines) is 1. The van der Waals surface area contributed by atoms with Crippen LogP contribution in [0.3, 0.4) is 0 Å². The number of benzene rings is 1. The van der Waals surface area contributed by atoms with Gasteiger partial charge in [0.2, 0.25) is 0 Å². The Kier molecular flexibility index (Phi) is 6.42. The van der Waals surface area contributed by atoms with Crippen molar-refractivity contribution in [3.8, 4) is 0 Å². The quantitative estimate of drug-likeness (QED) is 0.786. The molecule has 0 aliphatic carbocycles. The van der Waals surface area contributed by atoms with Crippen molar-refractivity contribution >= 4 is 23.5 Å². The summed E-state index contributed by atoms with van der Waals surface area (Å²) in [6, 6.07) is 7.43. The van der Waals surface area contributed by atoms with E-state index in [0.717, 1.165) is 31.5 Å². The van der Waals surface area contributed by atoms with Crippen LogP contribution < -0.4 is 10.2 Å². The molecular formula is C17H24ClN2O3+. The van der Waals surface area contributed by atoms with E-state index in [1.54, 1.807) is 0 Å². The number of carbonyl (C=O) groups is 2. The van der Waals surface area contributed by atoms with Gasteiger partial charge < -0.3 is 15.0 Å². The van der Waals surface area contributed by atoms with Gasteiger partial charge in [-0.25, -0.2) is 0 Å². The van der Waals surface area contributed by atoms with Crippen molar-refractivity contribution in [1.29, 1.82) is 0 Å². The fraction of sp³-hybridized carbons (Fsp3) is 0.529. The van der Waals surface area contributed by atoms with Crippen LogP contribution in [0.2, 0.25) is 5.02 Å². The second kappa shape index (κ2) is 8.31. The summed E-state index contributed by atoms with van der Waals surface area (Å²) in [5.41, 5.74) is 1.03. The first-order valence-electron chi connectivity index (χ1n) is 7.96. The molecule has 1 saturated heterocycles. The minimum Gasteiger partial charge on any atom is -0.469 e. The molecule has 2 N–H and O–H groups in total. The molecule has 6 heteroatoms. The van der Waals surface area contributed by atoms with Crippen molar-refractivity contribution in [1.82, 2.24) is 5.32 Å². The van der Waals surface area contributed by atoms with Crippen LogP contribution in [0.25, 0.3) is 0 Å². The van der Waals surface area contributed by atoms with Gasteiger partial charge in [-0.05, 0) is 24.6 Å². The monoisotopic (exact) mass is 339 g/mol. The number of amides is 1. The second-order valence-electron chi connectivity index (χ2n) is 6.06. The lowest BCUT2D eigenvalue weighted by Gasteiger charge is -2.27. The van der Waals surface area contributed by atoms with Crippen molar-refractivity contribution in [3.05, 3.63) is 34.9 Å². The van der Waals surface area contributed by atoms with E-state index in [4.69, 9.17) is 16.3 Å².